The Hall–Kier alpha value is -1.84. The van der Waals surface area contributed by atoms with Gasteiger partial charge in [0.1, 0.15) is 0 Å². The van der Waals surface area contributed by atoms with Crippen LogP contribution in [0.4, 0.5) is 0 Å². The number of carbonyl (C=O) groups is 2. The van der Waals surface area contributed by atoms with Crippen LogP contribution in [0.3, 0.4) is 0 Å². The molecule has 0 aliphatic carbocycles. The first-order valence-electron chi connectivity index (χ1n) is 7.63. The second-order valence-electron chi connectivity index (χ2n) is 5.80. The molecule has 1 atom stereocenters. The highest BCUT2D eigenvalue weighted by Crippen LogP contribution is 2.06. The first kappa shape index (κ1) is 17.2. The van der Waals surface area contributed by atoms with Crippen LogP contribution in [-0.2, 0) is 0 Å². The summed E-state index contributed by atoms with van der Waals surface area (Å²) < 4.78 is 0. The number of carbonyl (C=O) groups excluding carboxylic acids is 2. The van der Waals surface area contributed by atoms with Gasteiger partial charge >= 0.3 is 0 Å². The van der Waals surface area contributed by atoms with Gasteiger partial charge < -0.3 is 10.6 Å². The number of rotatable bonds is 7. The standard InChI is InChI=1S/C17H26N2O2/c1-5-13(4)19-17(21)15-8-6-14(7-9-15)16(20)18-11-10-12(2)3/h6-9,12-13H,5,10-11H2,1-4H3,(H,18,20)(H,19,21). The lowest BCUT2D eigenvalue weighted by Crippen LogP contribution is -2.32. The van der Waals surface area contributed by atoms with Crippen molar-refractivity contribution in [3.8, 4) is 0 Å². The van der Waals surface area contributed by atoms with Crippen LogP contribution in [0, 0.1) is 5.92 Å². The highest BCUT2D eigenvalue weighted by atomic mass is 16.2. The lowest BCUT2D eigenvalue weighted by Gasteiger charge is -2.11. The Morgan fingerprint density at radius 3 is 2.00 bits per heavy atom. The quantitative estimate of drug-likeness (QED) is 0.811. The predicted octanol–water partition coefficient (Wildman–Crippen LogP) is 2.99. The van der Waals surface area contributed by atoms with Crippen LogP contribution in [-0.4, -0.2) is 24.4 Å². The monoisotopic (exact) mass is 290 g/mol. The summed E-state index contributed by atoms with van der Waals surface area (Å²) in [5.41, 5.74) is 1.16. The third-order valence-electron chi connectivity index (χ3n) is 3.41. The van der Waals surface area contributed by atoms with E-state index in [-0.39, 0.29) is 17.9 Å². The Balaban J connectivity index is 2.57. The van der Waals surface area contributed by atoms with Gasteiger partial charge in [0.15, 0.2) is 0 Å². The fraction of sp³-hybridized carbons (Fsp3) is 0.529. The van der Waals surface area contributed by atoms with Gasteiger partial charge in [-0.05, 0) is 49.9 Å². The molecule has 0 saturated carbocycles. The summed E-state index contributed by atoms with van der Waals surface area (Å²) in [5.74, 6) is 0.373. The minimum absolute atomic E-state index is 0.0930. The normalized spacial score (nSPS) is 12.0. The number of hydrogen-bond donors (Lipinski definition) is 2. The molecular weight excluding hydrogens is 264 g/mol. The van der Waals surface area contributed by atoms with E-state index in [1.54, 1.807) is 24.3 Å². The summed E-state index contributed by atoms with van der Waals surface area (Å²) in [5, 5.41) is 5.78. The van der Waals surface area contributed by atoms with Gasteiger partial charge in [0.2, 0.25) is 0 Å². The molecule has 4 nitrogen and oxygen atoms in total. The van der Waals surface area contributed by atoms with E-state index in [1.807, 2.05) is 13.8 Å². The summed E-state index contributed by atoms with van der Waals surface area (Å²) in [4.78, 5) is 23.9. The van der Waals surface area contributed by atoms with E-state index >= 15 is 0 Å². The van der Waals surface area contributed by atoms with Crippen molar-refractivity contribution in [3.05, 3.63) is 35.4 Å². The molecule has 0 fully saturated rings. The minimum Gasteiger partial charge on any atom is -0.352 e. The average molecular weight is 290 g/mol. The molecule has 0 spiro atoms. The van der Waals surface area contributed by atoms with E-state index in [0.717, 1.165) is 12.8 Å². The SMILES string of the molecule is CCC(C)NC(=O)c1ccc(C(=O)NCCC(C)C)cc1. The van der Waals surface area contributed by atoms with Crippen LogP contribution in [0.25, 0.3) is 0 Å². The molecule has 21 heavy (non-hydrogen) atoms. The third kappa shape index (κ3) is 5.98. The molecule has 116 valence electrons. The number of nitrogens with one attached hydrogen (secondary N) is 2. The van der Waals surface area contributed by atoms with Crippen molar-refractivity contribution in [1.82, 2.24) is 10.6 Å². The van der Waals surface area contributed by atoms with Gasteiger partial charge in [-0.15, -0.1) is 0 Å². The molecule has 4 heteroatoms. The predicted molar refractivity (Wildman–Crippen MR) is 85.4 cm³/mol. The van der Waals surface area contributed by atoms with E-state index in [9.17, 15) is 9.59 Å². The Labute approximate surface area is 127 Å². The van der Waals surface area contributed by atoms with E-state index in [4.69, 9.17) is 0 Å². The van der Waals surface area contributed by atoms with Crippen LogP contribution in [0.5, 0.6) is 0 Å². The van der Waals surface area contributed by atoms with Gasteiger partial charge in [-0.1, -0.05) is 20.8 Å². The van der Waals surface area contributed by atoms with Gasteiger partial charge in [0.25, 0.3) is 11.8 Å². The Bertz CT molecular complexity index is 466. The molecule has 1 unspecified atom stereocenters. The summed E-state index contributed by atoms with van der Waals surface area (Å²) in [6.45, 7) is 8.91. The molecule has 0 aliphatic heterocycles. The van der Waals surface area contributed by atoms with Gasteiger partial charge in [-0.2, -0.15) is 0 Å². The van der Waals surface area contributed by atoms with Crippen molar-refractivity contribution in [2.45, 2.75) is 46.6 Å². The highest BCUT2D eigenvalue weighted by Gasteiger charge is 2.10. The van der Waals surface area contributed by atoms with Crippen molar-refractivity contribution in [1.29, 1.82) is 0 Å². The lowest BCUT2D eigenvalue weighted by atomic mass is 10.1. The first-order chi connectivity index (χ1) is 9.93. The van der Waals surface area contributed by atoms with Crippen LogP contribution in [0.2, 0.25) is 0 Å². The minimum atomic E-state index is -0.101. The fourth-order valence-corrected chi connectivity index (χ4v) is 1.76. The molecule has 1 aromatic carbocycles. The van der Waals surface area contributed by atoms with Gasteiger partial charge in [0.05, 0.1) is 0 Å². The maximum Gasteiger partial charge on any atom is 0.251 e. The number of amides is 2. The van der Waals surface area contributed by atoms with Gasteiger partial charge in [-0.3, -0.25) is 9.59 Å². The Morgan fingerprint density at radius 1 is 1.00 bits per heavy atom. The molecule has 0 radical (unpaired) electrons. The number of benzene rings is 1. The zero-order valence-corrected chi connectivity index (χ0v) is 13.4. The van der Waals surface area contributed by atoms with Crippen molar-refractivity contribution < 1.29 is 9.59 Å². The van der Waals surface area contributed by atoms with Crippen molar-refractivity contribution >= 4 is 11.8 Å². The molecule has 0 bridgehead atoms. The fourth-order valence-electron chi connectivity index (χ4n) is 1.76. The molecule has 2 amide bonds. The van der Waals surface area contributed by atoms with Crippen molar-refractivity contribution in [2.24, 2.45) is 5.92 Å². The molecule has 2 N–H and O–H groups in total. The molecular formula is C17H26N2O2. The summed E-state index contributed by atoms with van der Waals surface area (Å²) in [6, 6.07) is 6.91. The summed E-state index contributed by atoms with van der Waals surface area (Å²) in [6.07, 6.45) is 1.85. The van der Waals surface area contributed by atoms with Crippen LogP contribution in [0.1, 0.15) is 61.3 Å². The maximum absolute atomic E-state index is 11.9. The largest absolute Gasteiger partial charge is 0.352 e. The molecule has 0 aromatic heterocycles. The number of hydrogen-bond acceptors (Lipinski definition) is 2. The summed E-state index contributed by atoms with van der Waals surface area (Å²) >= 11 is 0. The lowest BCUT2D eigenvalue weighted by molar-refractivity contribution is 0.0932. The van der Waals surface area contributed by atoms with E-state index in [0.29, 0.717) is 23.6 Å². The second kappa shape index (κ2) is 8.45. The zero-order valence-electron chi connectivity index (χ0n) is 13.4. The maximum atomic E-state index is 11.9. The van der Waals surface area contributed by atoms with E-state index in [1.165, 1.54) is 0 Å². The third-order valence-corrected chi connectivity index (χ3v) is 3.41. The highest BCUT2D eigenvalue weighted by molar-refractivity contribution is 5.97. The van der Waals surface area contributed by atoms with E-state index < -0.39 is 0 Å². The summed E-state index contributed by atoms with van der Waals surface area (Å²) in [7, 11) is 0. The Morgan fingerprint density at radius 2 is 1.52 bits per heavy atom. The first-order valence-corrected chi connectivity index (χ1v) is 7.63. The second-order valence-corrected chi connectivity index (χ2v) is 5.80. The molecule has 0 heterocycles. The molecule has 0 saturated heterocycles. The molecule has 0 aliphatic rings. The van der Waals surface area contributed by atoms with Gasteiger partial charge in [0, 0.05) is 23.7 Å². The van der Waals surface area contributed by atoms with Crippen molar-refractivity contribution in [3.63, 3.8) is 0 Å². The average Bonchev–Trinajstić information content (AvgIpc) is 2.46. The van der Waals surface area contributed by atoms with Crippen molar-refractivity contribution in [2.75, 3.05) is 6.54 Å². The smallest absolute Gasteiger partial charge is 0.251 e. The van der Waals surface area contributed by atoms with Gasteiger partial charge in [-0.25, -0.2) is 0 Å². The topological polar surface area (TPSA) is 58.2 Å². The van der Waals surface area contributed by atoms with Crippen LogP contribution in [0.15, 0.2) is 24.3 Å². The molecule has 1 aromatic rings. The molecule has 1 rings (SSSR count). The van der Waals surface area contributed by atoms with E-state index in [2.05, 4.69) is 24.5 Å². The Kier molecular flexibility index (Phi) is 6.92. The van der Waals surface area contributed by atoms with Crippen LogP contribution >= 0.6 is 0 Å². The van der Waals surface area contributed by atoms with Crippen LogP contribution < -0.4 is 10.6 Å². The zero-order chi connectivity index (χ0) is 15.8.